The third-order valence-corrected chi connectivity index (χ3v) is 1.50. The van der Waals surface area contributed by atoms with E-state index in [4.69, 9.17) is 0 Å². The summed E-state index contributed by atoms with van der Waals surface area (Å²) in [6.07, 6.45) is 0. The summed E-state index contributed by atoms with van der Waals surface area (Å²) in [6, 6.07) is -3.79. The van der Waals surface area contributed by atoms with E-state index < -0.39 is 29.5 Å². The molecule has 0 amide bonds. The highest BCUT2D eigenvalue weighted by molar-refractivity contribution is 7.70. The lowest BCUT2D eigenvalue weighted by atomic mass is 10.4. The zero-order chi connectivity index (χ0) is 11.4. The molecule has 14 heavy (non-hydrogen) atoms. The Morgan fingerprint density at radius 2 is 2.07 bits per heavy atom. The second kappa shape index (κ2) is 5.01. The number of hydrogen-bond acceptors (Lipinski definition) is 4. The molecule has 0 aliphatic carbocycles. The Balaban J connectivity index is 4.11. The Bertz CT molecular complexity index is 305. The number of hydrogen-bond donors (Lipinski definition) is 2. The summed E-state index contributed by atoms with van der Waals surface area (Å²) in [4.78, 5) is 10.6. The maximum atomic E-state index is 12.5. The van der Waals surface area contributed by atoms with Crippen LogP contribution in [-0.2, 0) is 20.4 Å². The van der Waals surface area contributed by atoms with Crippen molar-refractivity contribution in [2.24, 2.45) is 0 Å². The molecule has 0 rings (SSSR count). The Kier molecular flexibility index (Phi) is 4.64. The summed E-state index contributed by atoms with van der Waals surface area (Å²) in [5, 5.41) is 0. The largest absolute Gasteiger partial charge is 0.454 e. The minimum atomic E-state index is -3.79. The number of ether oxygens (including phenoxy) is 1. The molecule has 0 fully saturated rings. The first kappa shape index (κ1) is 13.0. The van der Waals surface area contributed by atoms with E-state index in [2.05, 4.69) is 11.3 Å². The van der Waals surface area contributed by atoms with Crippen LogP contribution in [0.25, 0.3) is 0 Å². The second-order valence-electron chi connectivity index (χ2n) is 2.43. The number of esters is 1. The zero-order valence-electron chi connectivity index (χ0n) is 7.25. The van der Waals surface area contributed by atoms with Gasteiger partial charge < -0.3 is 4.74 Å². The van der Waals surface area contributed by atoms with Gasteiger partial charge in [0.2, 0.25) is 10.9 Å². The van der Waals surface area contributed by atoms with Crippen molar-refractivity contribution in [2.75, 3.05) is 6.61 Å². The van der Waals surface area contributed by atoms with E-state index in [0.29, 0.717) is 0 Å². The van der Waals surface area contributed by atoms with Gasteiger partial charge in [-0.2, -0.15) is 13.5 Å². The van der Waals surface area contributed by atoms with Crippen molar-refractivity contribution in [2.45, 2.75) is 13.0 Å². The van der Waals surface area contributed by atoms with Gasteiger partial charge in [-0.1, -0.05) is 6.58 Å². The SMILES string of the molecule is C=C(C)C(=O)OCC(F)(F)N[SH](=O)=O. The fraction of sp³-hybridized carbons (Fsp3) is 0.500. The molecular formula is C6H9F2NO4S. The maximum absolute atomic E-state index is 12.5. The van der Waals surface area contributed by atoms with Crippen molar-refractivity contribution in [3.05, 3.63) is 12.2 Å². The van der Waals surface area contributed by atoms with Crippen LogP contribution in [-0.4, -0.2) is 27.0 Å². The van der Waals surface area contributed by atoms with Crippen LogP contribution in [0.3, 0.4) is 0 Å². The van der Waals surface area contributed by atoms with Gasteiger partial charge in [-0.25, -0.2) is 13.2 Å². The van der Waals surface area contributed by atoms with Gasteiger partial charge in [0.1, 0.15) is 0 Å². The molecule has 0 radical (unpaired) electrons. The Hall–Kier alpha value is -1.02. The molecule has 0 heterocycles. The molecule has 0 aromatic heterocycles. The van der Waals surface area contributed by atoms with E-state index in [0.717, 1.165) is 4.72 Å². The Morgan fingerprint density at radius 1 is 1.57 bits per heavy atom. The van der Waals surface area contributed by atoms with Crippen LogP contribution < -0.4 is 4.72 Å². The van der Waals surface area contributed by atoms with Crippen LogP contribution in [0.2, 0.25) is 0 Å². The molecule has 0 spiro atoms. The summed E-state index contributed by atoms with van der Waals surface area (Å²) in [5.41, 5.74) is -0.0488. The predicted molar refractivity (Wildman–Crippen MR) is 44.2 cm³/mol. The van der Waals surface area contributed by atoms with Crippen molar-refractivity contribution in [3.63, 3.8) is 0 Å². The molecule has 8 heteroatoms. The van der Waals surface area contributed by atoms with Gasteiger partial charge in [0.05, 0.1) is 0 Å². The van der Waals surface area contributed by atoms with Crippen molar-refractivity contribution < 1.29 is 26.7 Å². The third-order valence-electron chi connectivity index (χ3n) is 0.988. The van der Waals surface area contributed by atoms with Gasteiger partial charge in [0, 0.05) is 5.57 Å². The summed E-state index contributed by atoms with van der Waals surface area (Å²) in [6.45, 7) is 3.08. The van der Waals surface area contributed by atoms with Crippen molar-refractivity contribution in [1.82, 2.24) is 4.72 Å². The van der Waals surface area contributed by atoms with Crippen molar-refractivity contribution in [1.29, 1.82) is 0 Å². The fourth-order valence-corrected chi connectivity index (χ4v) is 0.777. The van der Waals surface area contributed by atoms with Gasteiger partial charge in [0.15, 0.2) is 6.61 Å². The molecule has 0 unspecified atom stereocenters. The normalized spacial score (nSPS) is 11.4. The lowest BCUT2D eigenvalue weighted by molar-refractivity contribution is -0.151. The van der Waals surface area contributed by atoms with E-state index >= 15 is 0 Å². The van der Waals surface area contributed by atoms with E-state index in [1.807, 2.05) is 0 Å². The first-order valence-electron chi connectivity index (χ1n) is 3.37. The lowest BCUT2D eigenvalue weighted by Crippen LogP contribution is -2.40. The van der Waals surface area contributed by atoms with E-state index in [1.165, 1.54) is 6.92 Å². The van der Waals surface area contributed by atoms with Crippen LogP contribution >= 0.6 is 0 Å². The molecular weight excluding hydrogens is 220 g/mol. The first-order valence-corrected chi connectivity index (χ1v) is 4.55. The number of thiol groups is 1. The van der Waals surface area contributed by atoms with Crippen LogP contribution in [0.4, 0.5) is 8.78 Å². The summed E-state index contributed by atoms with van der Waals surface area (Å²) < 4.78 is 49.7. The molecule has 0 bridgehead atoms. The van der Waals surface area contributed by atoms with E-state index in [-0.39, 0.29) is 5.57 Å². The molecule has 82 valence electrons. The monoisotopic (exact) mass is 229 g/mol. The van der Waals surface area contributed by atoms with E-state index in [1.54, 1.807) is 0 Å². The maximum Gasteiger partial charge on any atom is 0.348 e. The lowest BCUT2D eigenvalue weighted by Gasteiger charge is -2.13. The Morgan fingerprint density at radius 3 is 2.43 bits per heavy atom. The van der Waals surface area contributed by atoms with Crippen LogP contribution in [0.15, 0.2) is 12.2 Å². The van der Waals surface area contributed by atoms with Gasteiger partial charge in [-0.15, -0.1) is 0 Å². The number of carbonyl (C=O) groups is 1. The molecule has 0 saturated heterocycles. The van der Waals surface area contributed by atoms with E-state index in [9.17, 15) is 22.0 Å². The number of nitrogens with one attached hydrogen (secondary N) is 1. The number of alkyl halides is 2. The highest BCUT2D eigenvalue weighted by Gasteiger charge is 2.31. The van der Waals surface area contributed by atoms with Crippen LogP contribution in [0.5, 0.6) is 0 Å². The van der Waals surface area contributed by atoms with Crippen LogP contribution in [0.1, 0.15) is 6.92 Å². The second-order valence-corrected chi connectivity index (χ2v) is 3.17. The smallest absolute Gasteiger partial charge is 0.348 e. The standard InChI is InChI=1S/C6H9F2NO4S/c1-4(2)5(10)13-3-6(7,8)9-14(11)12/h14H,1,3H2,2H3,(H,9,11,12). The van der Waals surface area contributed by atoms with Crippen molar-refractivity contribution in [3.8, 4) is 0 Å². The zero-order valence-corrected chi connectivity index (χ0v) is 8.14. The third kappa shape index (κ3) is 5.60. The molecule has 0 aliphatic rings. The molecule has 0 aromatic rings. The number of rotatable bonds is 5. The number of carbonyl (C=O) groups excluding carboxylic acids is 1. The molecule has 1 N–H and O–H groups in total. The topological polar surface area (TPSA) is 72.5 Å². The molecule has 0 aliphatic heterocycles. The molecule has 0 saturated carbocycles. The predicted octanol–water partition coefficient (Wildman–Crippen LogP) is -0.185. The van der Waals surface area contributed by atoms with Gasteiger partial charge in [-0.3, -0.25) is 0 Å². The fourth-order valence-electron chi connectivity index (χ4n) is 0.445. The minimum Gasteiger partial charge on any atom is -0.454 e. The van der Waals surface area contributed by atoms with Crippen LogP contribution in [0, 0.1) is 0 Å². The summed E-state index contributed by atoms with van der Waals surface area (Å²) >= 11 is 0. The Labute approximate surface area is 80.8 Å². The van der Waals surface area contributed by atoms with Gasteiger partial charge >= 0.3 is 12.0 Å². The summed E-state index contributed by atoms with van der Waals surface area (Å²) in [7, 11) is -3.45. The molecule has 5 nitrogen and oxygen atoms in total. The summed E-state index contributed by atoms with van der Waals surface area (Å²) in [5.74, 6) is -1.01. The van der Waals surface area contributed by atoms with Gasteiger partial charge in [0.25, 0.3) is 0 Å². The average molecular weight is 229 g/mol. The highest BCUT2D eigenvalue weighted by Crippen LogP contribution is 2.09. The number of halogens is 2. The average Bonchev–Trinajstić information content (AvgIpc) is 1.97. The minimum absolute atomic E-state index is 0.0488. The van der Waals surface area contributed by atoms with Gasteiger partial charge in [-0.05, 0) is 6.92 Å². The first-order chi connectivity index (χ1) is 6.24. The quantitative estimate of drug-likeness (QED) is 0.297. The highest BCUT2D eigenvalue weighted by atomic mass is 32.2. The molecule has 0 aromatic carbocycles. The van der Waals surface area contributed by atoms with Crippen molar-refractivity contribution >= 4 is 16.9 Å². The molecule has 0 atom stereocenters.